The standard InChI is InChI=1S/C14H20N2OS/c15-9-5-1-2-8-14(17)16-10-11-18-13-7-4-3-6-12(13)16/h3-4,6-7H,1-2,5,8-11,15H2. The first kappa shape index (κ1) is 13.4. The molecule has 1 amide bonds. The lowest BCUT2D eigenvalue weighted by atomic mass is 10.1. The fourth-order valence-corrected chi connectivity index (χ4v) is 3.16. The smallest absolute Gasteiger partial charge is 0.227 e. The molecule has 98 valence electrons. The number of anilines is 1. The third-order valence-electron chi connectivity index (χ3n) is 3.12. The van der Waals surface area contributed by atoms with Crippen LogP contribution < -0.4 is 10.6 Å². The molecular weight excluding hydrogens is 244 g/mol. The number of nitrogens with two attached hydrogens (primary N) is 1. The third kappa shape index (κ3) is 3.27. The van der Waals surface area contributed by atoms with Crippen molar-refractivity contribution in [3.8, 4) is 0 Å². The van der Waals surface area contributed by atoms with E-state index in [-0.39, 0.29) is 5.91 Å². The van der Waals surface area contributed by atoms with Gasteiger partial charge in [0.05, 0.1) is 5.69 Å². The Morgan fingerprint density at radius 2 is 2.11 bits per heavy atom. The molecule has 3 nitrogen and oxygen atoms in total. The Kier molecular flexibility index (Phi) is 5.08. The minimum Gasteiger partial charge on any atom is -0.330 e. The van der Waals surface area contributed by atoms with E-state index in [1.54, 1.807) is 0 Å². The predicted octanol–water partition coefficient (Wildman–Crippen LogP) is 2.64. The van der Waals surface area contributed by atoms with Gasteiger partial charge in [-0.15, -0.1) is 11.8 Å². The Hall–Kier alpha value is -1.00. The van der Waals surface area contributed by atoms with Crippen LogP contribution in [0.4, 0.5) is 5.69 Å². The molecule has 0 aromatic heterocycles. The monoisotopic (exact) mass is 264 g/mol. The van der Waals surface area contributed by atoms with Crippen molar-refractivity contribution in [2.24, 2.45) is 5.73 Å². The minimum atomic E-state index is 0.250. The minimum absolute atomic E-state index is 0.250. The molecule has 1 heterocycles. The van der Waals surface area contributed by atoms with Crippen LogP contribution in [0.25, 0.3) is 0 Å². The lowest BCUT2D eigenvalue weighted by Gasteiger charge is -2.29. The van der Waals surface area contributed by atoms with Gasteiger partial charge in [-0.1, -0.05) is 18.6 Å². The van der Waals surface area contributed by atoms with Crippen LogP contribution in [0.1, 0.15) is 25.7 Å². The van der Waals surface area contributed by atoms with Crippen molar-refractivity contribution >= 4 is 23.4 Å². The van der Waals surface area contributed by atoms with Crippen LogP contribution in [0.2, 0.25) is 0 Å². The van der Waals surface area contributed by atoms with Crippen molar-refractivity contribution in [1.82, 2.24) is 0 Å². The number of hydrogen-bond donors (Lipinski definition) is 1. The largest absolute Gasteiger partial charge is 0.330 e. The van der Waals surface area contributed by atoms with Gasteiger partial charge in [-0.3, -0.25) is 4.79 Å². The summed E-state index contributed by atoms with van der Waals surface area (Å²) in [7, 11) is 0. The van der Waals surface area contributed by atoms with E-state index in [0.717, 1.165) is 43.8 Å². The lowest BCUT2D eigenvalue weighted by molar-refractivity contribution is -0.118. The van der Waals surface area contributed by atoms with Crippen molar-refractivity contribution in [2.75, 3.05) is 23.7 Å². The van der Waals surface area contributed by atoms with Gasteiger partial charge < -0.3 is 10.6 Å². The van der Waals surface area contributed by atoms with Crippen molar-refractivity contribution in [1.29, 1.82) is 0 Å². The van der Waals surface area contributed by atoms with Gasteiger partial charge in [0.2, 0.25) is 5.91 Å². The van der Waals surface area contributed by atoms with Crippen LogP contribution in [0.15, 0.2) is 29.2 Å². The number of carbonyl (C=O) groups excluding carboxylic acids is 1. The number of para-hydroxylation sites is 1. The molecule has 0 aliphatic carbocycles. The maximum absolute atomic E-state index is 12.2. The highest BCUT2D eigenvalue weighted by Crippen LogP contribution is 2.34. The molecule has 1 aromatic rings. The summed E-state index contributed by atoms with van der Waals surface area (Å²) < 4.78 is 0. The van der Waals surface area contributed by atoms with E-state index < -0.39 is 0 Å². The fourth-order valence-electron chi connectivity index (χ4n) is 2.16. The number of amides is 1. The molecule has 2 rings (SSSR count). The Morgan fingerprint density at radius 3 is 2.94 bits per heavy atom. The average Bonchev–Trinajstić information content (AvgIpc) is 2.43. The number of nitrogens with zero attached hydrogens (tertiary/aromatic N) is 1. The molecular formula is C14H20N2OS. The summed E-state index contributed by atoms with van der Waals surface area (Å²) in [5.74, 6) is 1.24. The van der Waals surface area contributed by atoms with Gasteiger partial charge in [0.15, 0.2) is 0 Å². The Morgan fingerprint density at radius 1 is 1.28 bits per heavy atom. The predicted molar refractivity (Wildman–Crippen MR) is 77.0 cm³/mol. The maximum Gasteiger partial charge on any atom is 0.227 e. The summed E-state index contributed by atoms with van der Waals surface area (Å²) in [4.78, 5) is 15.4. The molecule has 0 atom stereocenters. The highest BCUT2D eigenvalue weighted by Gasteiger charge is 2.21. The van der Waals surface area contributed by atoms with Crippen LogP contribution in [0.5, 0.6) is 0 Å². The molecule has 18 heavy (non-hydrogen) atoms. The van der Waals surface area contributed by atoms with Crippen LogP contribution in [0, 0.1) is 0 Å². The zero-order valence-electron chi connectivity index (χ0n) is 10.6. The van der Waals surface area contributed by atoms with Crippen LogP contribution >= 0.6 is 11.8 Å². The summed E-state index contributed by atoms with van der Waals surface area (Å²) in [5.41, 5.74) is 6.53. The second-order valence-electron chi connectivity index (χ2n) is 4.46. The number of rotatable bonds is 5. The summed E-state index contributed by atoms with van der Waals surface area (Å²) in [6, 6.07) is 8.16. The average molecular weight is 264 g/mol. The molecule has 0 fully saturated rings. The first-order chi connectivity index (χ1) is 8.83. The molecule has 0 spiro atoms. The van der Waals surface area contributed by atoms with Crippen molar-refractivity contribution < 1.29 is 4.79 Å². The summed E-state index contributed by atoms with van der Waals surface area (Å²) in [6.45, 7) is 1.55. The summed E-state index contributed by atoms with van der Waals surface area (Å²) in [5, 5.41) is 0. The zero-order chi connectivity index (χ0) is 12.8. The van der Waals surface area contributed by atoms with Crippen LogP contribution in [-0.2, 0) is 4.79 Å². The third-order valence-corrected chi connectivity index (χ3v) is 4.17. The van der Waals surface area contributed by atoms with Crippen molar-refractivity contribution in [2.45, 2.75) is 30.6 Å². The quantitative estimate of drug-likeness (QED) is 0.832. The molecule has 0 radical (unpaired) electrons. The molecule has 1 aliphatic heterocycles. The Labute approximate surface area is 113 Å². The molecule has 4 heteroatoms. The van der Waals surface area contributed by atoms with E-state index in [0.29, 0.717) is 6.42 Å². The van der Waals surface area contributed by atoms with Gasteiger partial charge in [-0.2, -0.15) is 0 Å². The molecule has 2 N–H and O–H groups in total. The Bertz CT molecular complexity index is 409. The maximum atomic E-state index is 12.2. The van der Waals surface area contributed by atoms with E-state index >= 15 is 0 Å². The van der Waals surface area contributed by atoms with Gasteiger partial charge in [0, 0.05) is 23.6 Å². The normalized spacial score (nSPS) is 14.4. The fraction of sp³-hybridized carbons (Fsp3) is 0.500. The number of unbranched alkanes of at least 4 members (excludes halogenated alkanes) is 2. The second kappa shape index (κ2) is 6.81. The number of fused-ring (bicyclic) bond motifs is 1. The molecule has 0 bridgehead atoms. The van der Waals surface area contributed by atoms with Gasteiger partial charge in [-0.05, 0) is 31.5 Å². The van der Waals surface area contributed by atoms with Gasteiger partial charge >= 0.3 is 0 Å². The van der Waals surface area contributed by atoms with Gasteiger partial charge in [0.25, 0.3) is 0 Å². The van der Waals surface area contributed by atoms with Crippen molar-refractivity contribution in [3.63, 3.8) is 0 Å². The van der Waals surface area contributed by atoms with E-state index in [2.05, 4.69) is 6.07 Å². The zero-order valence-corrected chi connectivity index (χ0v) is 11.4. The van der Waals surface area contributed by atoms with Gasteiger partial charge in [0.1, 0.15) is 0 Å². The molecule has 1 aromatic carbocycles. The number of benzene rings is 1. The number of thioether (sulfide) groups is 1. The second-order valence-corrected chi connectivity index (χ2v) is 5.60. The summed E-state index contributed by atoms with van der Waals surface area (Å²) >= 11 is 1.83. The van der Waals surface area contributed by atoms with Crippen LogP contribution in [0.3, 0.4) is 0 Å². The van der Waals surface area contributed by atoms with E-state index in [9.17, 15) is 4.79 Å². The van der Waals surface area contributed by atoms with Crippen LogP contribution in [-0.4, -0.2) is 24.7 Å². The van der Waals surface area contributed by atoms with E-state index in [4.69, 9.17) is 5.73 Å². The topological polar surface area (TPSA) is 46.3 Å². The van der Waals surface area contributed by atoms with E-state index in [1.807, 2.05) is 34.9 Å². The highest BCUT2D eigenvalue weighted by molar-refractivity contribution is 7.99. The Balaban J connectivity index is 1.95. The molecule has 0 saturated carbocycles. The SMILES string of the molecule is NCCCCCC(=O)N1CCSc2ccccc21. The highest BCUT2D eigenvalue weighted by atomic mass is 32.2. The lowest BCUT2D eigenvalue weighted by Crippen LogP contribution is -2.35. The first-order valence-corrected chi connectivity index (χ1v) is 7.54. The molecule has 0 saturated heterocycles. The molecule has 1 aliphatic rings. The summed E-state index contributed by atoms with van der Waals surface area (Å²) in [6.07, 6.45) is 3.65. The number of hydrogen-bond acceptors (Lipinski definition) is 3. The van der Waals surface area contributed by atoms with Gasteiger partial charge in [-0.25, -0.2) is 0 Å². The van der Waals surface area contributed by atoms with Crippen molar-refractivity contribution in [3.05, 3.63) is 24.3 Å². The molecule has 0 unspecified atom stereocenters. The van der Waals surface area contributed by atoms with E-state index in [1.165, 1.54) is 4.90 Å². The first-order valence-electron chi connectivity index (χ1n) is 6.55. The number of carbonyl (C=O) groups is 1.